The van der Waals surface area contributed by atoms with Gasteiger partial charge in [-0.1, -0.05) is 39.2 Å². The van der Waals surface area contributed by atoms with Crippen molar-refractivity contribution in [3.63, 3.8) is 0 Å². The Bertz CT molecular complexity index is 364. The number of benzene rings is 1. The first-order chi connectivity index (χ1) is 9.10. The Labute approximate surface area is 117 Å². The van der Waals surface area contributed by atoms with Gasteiger partial charge in [-0.15, -0.1) is 0 Å². The molecule has 0 aliphatic heterocycles. The van der Waals surface area contributed by atoms with Gasteiger partial charge in [-0.25, -0.2) is 4.39 Å². The molecule has 2 heteroatoms. The van der Waals surface area contributed by atoms with E-state index in [9.17, 15) is 4.39 Å². The molecular formula is C17H28FN. The molecule has 0 spiro atoms. The van der Waals surface area contributed by atoms with Gasteiger partial charge >= 0.3 is 0 Å². The van der Waals surface area contributed by atoms with E-state index in [1.165, 1.54) is 12.8 Å². The van der Waals surface area contributed by atoms with Gasteiger partial charge in [0.1, 0.15) is 5.82 Å². The Hall–Kier alpha value is -0.890. The Balaban J connectivity index is 2.89. The molecule has 0 aliphatic rings. The standard InChI is InChI=1S/C17H28FN/c1-5-7-8-9-16(19-10-6-2)17-14(4)11-13(3)12-15(17)18/h11-12,16,19H,5-10H2,1-4H3. The van der Waals surface area contributed by atoms with Crippen LogP contribution in [0.5, 0.6) is 0 Å². The summed E-state index contributed by atoms with van der Waals surface area (Å²) in [6.45, 7) is 9.27. The van der Waals surface area contributed by atoms with Crippen LogP contribution >= 0.6 is 0 Å². The molecule has 1 unspecified atom stereocenters. The number of rotatable bonds is 8. The highest BCUT2D eigenvalue weighted by Gasteiger charge is 2.17. The van der Waals surface area contributed by atoms with Crippen molar-refractivity contribution in [2.75, 3.05) is 6.54 Å². The number of hydrogen-bond acceptors (Lipinski definition) is 1. The first-order valence-electron chi connectivity index (χ1n) is 7.60. The minimum atomic E-state index is -0.0531. The molecule has 0 saturated heterocycles. The Morgan fingerprint density at radius 3 is 2.42 bits per heavy atom. The molecule has 1 N–H and O–H groups in total. The van der Waals surface area contributed by atoms with E-state index in [1.807, 2.05) is 13.8 Å². The molecule has 1 nitrogen and oxygen atoms in total. The van der Waals surface area contributed by atoms with Crippen molar-refractivity contribution < 1.29 is 4.39 Å². The molecule has 1 rings (SSSR count). The lowest BCUT2D eigenvalue weighted by molar-refractivity contribution is 0.452. The molecule has 0 bridgehead atoms. The predicted octanol–water partition coefficient (Wildman–Crippen LogP) is 5.06. The Kier molecular flexibility index (Phi) is 7.07. The molecule has 19 heavy (non-hydrogen) atoms. The molecule has 1 aromatic rings. The van der Waals surface area contributed by atoms with Crippen molar-refractivity contribution in [2.45, 2.75) is 65.8 Å². The highest BCUT2D eigenvalue weighted by molar-refractivity contribution is 5.34. The minimum absolute atomic E-state index is 0.0531. The maximum atomic E-state index is 14.3. The van der Waals surface area contributed by atoms with Crippen LogP contribution in [-0.4, -0.2) is 6.54 Å². The number of nitrogens with one attached hydrogen (secondary N) is 1. The highest BCUT2D eigenvalue weighted by atomic mass is 19.1. The normalized spacial score (nSPS) is 12.7. The molecule has 0 radical (unpaired) electrons. The Morgan fingerprint density at radius 1 is 1.11 bits per heavy atom. The zero-order valence-electron chi connectivity index (χ0n) is 12.9. The molecule has 108 valence electrons. The fourth-order valence-corrected chi connectivity index (χ4v) is 2.63. The summed E-state index contributed by atoms with van der Waals surface area (Å²) in [5.41, 5.74) is 2.94. The summed E-state index contributed by atoms with van der Waals surface area (Å²) in [6.07, 6.45) is 5.68. The number of halogens is 1. The van der Waals surface area contributed by atoms with Crippen LogP contribution in [0.4, 0.5) is 4.39 Å². The van der Waals surface area contributed by atoms with Crippen molar-refractivity contribution in [1.82, 2.24) is 5.32 Å². The van der Waals surface area contributed by atoms with Gasteiger partial charge in [0.15, 0.2) is 0 Å². The summed E-state index contributed by atoms with van der Waals surface area (Å²) in [7, 11) is 0. The van der Waals surface area contributed by atoms with Gasteiger partial charge in [0.25, 0.3) is 0 Å². The van der Waals surface area contributed by atoms with Gasteiger partial charge < -0.3 is 5.32 Å². The van der Waals surface area contributed by atoms with E-state index in [0.29, 0.717) is 0 Å². The van der Waals surface area contributed by atoms with Gasteiger partial charge in [-0.3, -0.25) is 0 Å². The quantitative estimate of drug-likeness (QED) is 0.647. The first-order valence-corrected chi connectivity index (χ1v) is 7.60. The van der Waals surface area contributed by atoms with Crippen LogP contribution < -0.4 is 5.32 Å². The molecule has 0 aromatic heterocycles. The number of unbranched alkanes of at least 4 members (excludes halogenated alkanes) is 2. The molecule has 0 heterocycles. The molecule has 0 aliphatic carbocycles. The average Bonchev–Trinajstić information content (AvgIpc) is 2.34. The summed E-state index contributed by atoms with van der Waals surface area (Å²) in [4.78, 5) is 0. The lowest BCUT2D eigenvalue weighted by Gasteiger charge is -2.22. The minimum Gasteiger partial charge on any atom is -0.310 e. The van der Waals surface area contributed by atoms with Gasteiger partial charge in [0.05, 0.1) is 0 Å². The van der Waals surface area contributed by atoms with Crippen LogP contribution in [-0.2, 0) is 0 Å². The van der Waals surface area contributed by atoms with E-state index in [2.05, 4.69) is 25.2 Å². The third-order valence-corrected chi connectivity index (χ3v) is 3.57. The van der Waals surface area contributed by atoms with E-state index in [-0.39, 0.29) is 11.9 Å². The second-order valence-electron chi connectivity index (χ2n) is 5.48. The van der Waals surface area contributed by atoms with E-state index >= 15 is 0 Å². The molecule has 0 saturated carbocycles. The van der Waals surface area contributed by atoms with E-state index in [1.54, 1.807) is 6.07 Å². The van der Waals surface area contributed by atoms with Crippen LogP contribution in [0, 0.1) is 19.7 Å². The summed E-state index contributed by atoms with van der Waals surface area (Å²) in [5, 5.41) is 3.51. The molecule has 1 aromatic carbocycles. The van der Waals surface area contributed by atoms with Crippen molar-refractivity contribution in [3.05, 3.63) is 34.6 Å². The fourth-order valence-electron chi connectivity index (χ4n) is 2.63. The van der Waals surface area contributed by atoms with Gasteiger partial charge in [0.2, 0.25) is 0 Å². The highest BCUT2D eigenvalue weighted by Crippen LogP contribution is 2.27. The predicted molar refractivity (Wildman–Crippen MR) is 81.1 cm³/mol. The monoisotopic (exact) mass is 265 g/mol. The fraction of sp³-hybridized carbons (Fsp3) is 0.647. The van der Waals surface area contributed by atoms with E-state index < -0.39 is 0 Å². The maximum Gasteiger partial charge on any atom is 0.128 e. The van der Waals surface area contributed by atoms with Crippen LogP contribution in [0.1, 0.15) is 68.7 Å². The second-order valence-corrected chi connectivity index (χ2v) is 5.48. The third kappa shape index (κ3) is 4.94. The van der Waals surface area contributed by atoms with Gasteiger partial charge in [-0.05, 0) is 50.4 Å². The smallest absolute Gasteiger partial charge is 0.128 e. The molecule has 0 fully saturated rings. The Morgan fingerprint density at radius 2 is 1.84 bits per heavy atom. The topological polar surface area (TPSA) is 12.0 Å². The lowest BCUT2D eigenvalue weighted by Crippen LogP contribution is -2.24. The maximum absolute atomic E-state index is 14.3. The van der Waals surface area contributed by atoms with Gasteiger partial charge in [-0.2, -0.15) is 0 Å². The van der Waals surface area contributed by atoms with Gasteiger partial charge in [0, 0.05) is 11.6 Å². The molecule has 0 amide bonds. The van der Waals surface area contributed by atoms with Crippen molar-refractivity contribution in [2.24, 2.45) is 0 Å². The lowest BCUT2D eigenvalue weighted by atomic mass is 9.94. The summed E-state index contributed by atoms with van der Waals surface area (Å²) < 4.78 is 14.3. The number of aryl methyl sites for hydroxylation is 2. The largest absolute Gasteiger partial charge is 0.310 e. The third-order valence-electron chi connectivity index (χ3n) is 3.57. The van der Waals surface area contributed by atoms with Crippen LogP contribution in [0.15, 0.2) is 12.1 Å². The zero-order chi connectivity index (χ0) is 14.3. The summed E-state index contributed by atoms with van der Waals surface area (Å²) in [6, 6.07) is 3.90. The summed E-state index contributed by atoms with van der Waals surface area (Å²) >= 11 is 0. The van der Waals surface area contributed by atoms with Crippen LogP contribution in [0.2, 0.25) is 0 Å². The molecule has 1 atom stereocenters. The van der Waals surface area contributed by atoms with Crippen molar-refractivity contribution in [1.29, 1.82) is 0 Å². The van der Waals surface area contributed by atoms with Crippen LogP contribution in [0.3, 0.4) is 0 Å². The first kappa shape index (κ1) is 16.2. The van der Waals surface area contributed by atoms with Crippen LogP contribution in [0.25, 0.3) is 0 Å². The average molecular weight is 265 g/mol. The van der Waals surface area contributed by atoms with Crippen molar-refractivity contribution in [3.8, 4) is 0 Å². The van der Waals surface area contributed by atoms with E-state index in [0.717, 1.165) is 42.5 Å². The molecular weight excluding hydrogens is 237 g/mol. The summed E-state index contributed by atoms with van der Waals surface area (Å²) in [5.74, 6) is -0.0531. The SMILES string of the molecule is CCCCCC(NCCC)c1c(C)cc(C)cc1F. The second kappa shape index (κ2) is 8.31. The zero-order valence-corrected chi connectivity index (χ0v) is 12.9. The number of hydrogen-bond donors (Lipinski definition) is 1. The van der Waals surface area contributed by atoms with Crippen molar-refractivity contribution >= 4 is 0 Å². The van der Waals surface area contributed by atoms with E-state index in [4.69, 9.17) is 0 Å².